The maximum Gasteiger partial charge on any atom is 0.0945 e. The van der Waals surface area contributed by atoms with Gasteiger partial charge in [-0.05, 0) is 49.7 Å². The van der Waals surface area contributed by atoms with E-state index in [-0.39, 0.29) is 0 Å². The first kappa shape index (κ1) is 28.5. The molecule has 0 atom stereocenters. The molecule has 0 aromatic heterocycles. The van der Waals surface area contributed by atoms with Crippen molar-refractivity contribution in [1.29, 1.82) is 0 Å². The van der Waals surface area contributed by atoms with E-state index in [0.29, 0.717) is 0 Å². The molecule has 5 N–H and O–H groups in total. The number of anilines is 2. The number of hydrazine groups is 1. The van der Waals surface area contributed by atoms with Crippen molar-refractivity contribution in [3.63, 3.8) is 0 Å². The Labute approximate surface area is 204 Å². The fraction of sp³-hybridized carbons (Fsp3) is 0.520. The summed E-state index contributed by atoms with van der Waals surface area (Å²) in [6.45, 7) is 12.7. The van der Waals surface area contributed by atoms with Crippen LogP contribution in [0.2, 0.25) is 0 Å². The molecule has 0 spiro atoms. The molecule has 0 saturated carbocycles. The molecule has 0 aliphatic carbocycles. The molecule has 0 aliphatic rings. The van der Waals surface area contributed by atoms with Crippen LogP contribution in [-0.2, 0) is 0 Å². The van der Waals surface area contributed by atoms with E-state index >= 15 is 0 Å². The minimum Gasteiger partial charge on any atom is -0.371 e. The quantitative estimate of drug-likeness (QED) is 0.0938. The van der Waals surface area contributed by atoms with Gasteiger partial charge in [-0.2, -0.15) is 0 Å². The highest BCUT2D eigenvalue weighted by Crippen LogP contribution is 2.23. The van der Waals surface area contributed by atoms with E-state index in [2.05, 4.69) is 65.8 Å². The molecule has 1 aromatic rings. The van der Waals surface area contributed by atoms with E-state index in [4.69, 9.17) is 0 Å². The third-order valence-electron chi connectivity index (χ3n) is 4.73. The summed E-state index contributed by atoms with van der Waals surface area (Å²) in [5.74, 6) is 2.31. The second kappa shape index (κ2) is 20.1. The summed E-state index contributed by atoms with van der Waals surface area (Å²) in [5.41, 5.74) is 9.79. The fourth-order valence-corrected chi connectivity index (χ4v) is 4.83. The molecule has 180 valence electrons. The van der Waals surface area contributed by atoms with Gasteiger partial charge in [-0.25, -0.2) is 0 Å². The highest BCUT2D eigenvalue weighted by atomic mass is 33.1. The van der Waals surface area contributed by atoms with Crippen LogP contribution in [0.25, 0.3) is 0 Å². The van der Waals surface area contributed by atoms with Crippen LogP contribution in [-0.4, -0.2) is 44.7 Å². The van der Waals surface area contributed by atoms with Crippen molar-refractivity contribution in [3.05, 3.63) is 61.0 Å². The first-order valence-corrected chi connectivity index (χ1v) is 14.3. The number of allylic oxidation sites excluding steroid dienone is 3. The maximum atomic E-state index is 3.77. The van der Waals surface area contributed by atoms with Crippen molar-refractivity contribution in [2.24, 2.45) is 0 Å². The van der Waals surface area contributed by atoms with Crippen molar-refractivity contribution < 1.29 is 5.32 Å². The van der Waals surface area contributed by atoms with Gasteiger partial charge >= 0.3 is 0 Å². The molecule has 0 radical (unpaired) electrons. The summed E-state index contributed by atoms with van der Waals surface area (Å²) in [5, 5.41) is 5.51. The third-order valence-corrected chi connectivity index (χ3v) is 7.11. The Morgan fingerprint density at radius 3 is 2.47 bits per heavy atom. The minimum absolute atomic E-state index is 0.960. The van der Waals surface area contributed by atoms with Crippen molar-refractivity contribution >= 4 is 33.0 Å². The van der Waals surface area contributed by atoms with E-state index in [9.17, 15) is 0 Å². The molecule has 0 bridgehead atoms. The van der Waals surface area contributed by atoms with Crippen molar-refractivity contribution in [2.75, 3.05) is 55.1 Å². The van der Waals surface area contributed by atoms with Crippen LogP contribution in [0.1, 0.15) is 39.5 Å². The maximum absolute atomic E-state index is 3.77. The summed E-state index contributed by atoms with van der Waals surface area (Å²) in [6, 6.07) is 8.68. The number of hydrogen-bond donors (Lipinski definition) is 4. The Hall–Kier alpha value is -1.54. The zero-order chi connectivity index (χ0) is 23.3. The predicted octanol–water partition coefficient (Wildman–Crippen LogP) is 4.76. The molecule has 0 heterocycles. The molecule has 0 fully saturated rings. The molecule has 32 heavy (non-hydrogen) atoms. The van der Waals surface area contributed by atoms with Gasteiger partial charge < -0.3 is 26.4 Å². The van der Waals surface area contributed by atoms with E-state index in [1.165, 1.54) is 37.1 Å². The molecule has 0 unspecified atom stereocenters. The molecule has 1 aromatic carbocycles. The number of quaternary nitrogens is 1. The predicted molar refractivity (Wildman–Crippen MR) is 148 cm³/mol. The smallest absolute Gasteiger partial charge is 0.0945 e. The molecular weight excluding hydrogens is 434 g/mol. The largest absolute Gasteiger partial charge is 0.371 e. The lowest BCUT2D eigenvalue weighted by Gasteiger charge is -2.25. The molecule has 5 nitrogen and oxygen atoms in total. The lowest BCUT2D eigenvalue weighted by molar-refractivity contribution is -0.556. The van der Waals surface area contributed by atoms with E-state index in [0.717, 1.165) is 43.3 Å². The minimum atomic E-state index is 0.960. The summed E-state index contributed by atoms with van der Waals surface area (Å²) in [6.07, 6.45) is 12.7. The highest BCUT2D eigenvalue weighted by Gasteiger charge is 2.06. The number of nitrogens with one attached hydrogen (secondary N) is 3. The average molecular weight is 479 g/mol. The standard InChI is InChI=1S/C25H43N5S2/c1-5-8-16-27-18-21-31-32-22-20-30(19-9-6-2)25-13-11-24(12-14-25)29-28-23(10-7-3)15-17-26-4/h7,10-15,17,26-29H,3,5-6,8-9,16,18-22H2,1-2,4H3/p+1. The Bertz CT molecular complexity index is 646. The van der Waals surface area contributed by atoms with Gasteiger partial charge in [-0.15, -0.1) is 0 Å². The number of unbranched alkanes of at least 4 members (excludes halogenated alkanes) is 2. The second-order valence-electron chi connectivity index (χ2n) is 7.44. The first-order valence-electron chi connectivity index (χ1n) is 11.9. The zero-order valence-corrected chi connectivity index (χ0v) is 21.9. The molecule has 7 heteroatoms. The van der Waals surface area contributed by atoms with Crippen LogP contribution in [0.5, 0.6) is 0 Å². The van der Waals surface area contributed by atoms with Gasteiger partial charge in [-0.1, -0.05) is 60.9 Å². The van der Waals surface area contributed by atoms with Gasteiger partial charge in [0, 0.05) is 42.9 Å². The van der Waals surface area contributed by atoms with Crippen LogP contribution < -0.4 is 26.4 Å². The number of benzene rings is 1. The third kappa shape index (κ3) is 13.8. The second-order valence-corrected chi connectivity index (χ2v) is 10.1. The van der Waals surface area contributed by atoms with Gasteiger partial charge in [0.25, 0.3) is 0 Å². The Morgan fingerprint density at radius 2 is 1.78 bits per heavy atom. The van der Waals surface area contributed by atoms with Crippen molar-refractivity contribution in [3.8, 4) is 0 Å². The van der Waals surface area contributed by atoms with E-state index in [1.54, 1.807) is 6.08 Å². The van der Waals surface area contributed by atoms with Gasteiger partial charge in [0.15, 0.2) is 0 Å². The molecule has 1 rings (SSSR count). The lowest BCUT2D eigenvalue weighted by Crippen LogP contribution is -2.72. The van der Waals surface area contributed by atoms with Crippen molar-refractivity contribution in [2.45, 2.75) is 39.5 Å². The monoisotopic (exact) mass is 478 g/mol. The van der Waals surface area contributed by atoms with Crippen molar-refractivity contribution in [1.82, 2.24) is 10.7 Å². The van der Waals surface area contributed by atoms with Crippen LogP contribution in [0.15, 0.2) is 61.0 Å². The van der Waals surface area contributed by atoms with E-state index < -0.39 is 0 Å². The summed E-state index contributed by atoms with van der Waals surface area (Å²) >= 11 is 0. The van der Waals surface area contributed by atoms with Gasteiger partial charge in [-0.3, -0.25) is 0 Å². The van der Waals surface area contributed by atoms with E-state index in [1.807, 2.05) is 52.3 Å². The Balaban J connectivity index is 2.47. The van der Waals surface area contributed by atoms with Crippen LogP contribution in [0, 0.1) is 0 Å². The van der Waals surface area contributed by atoms with Gasteiger partial charge in [0.05, 0.1) is 24.6 Å². The lowest BCUT2D eigenvalue weighted by atomic mass is 10.2. The van der Waals surface area contributed by atoms with Gasteiger partial charge in [0.2, 0.25) is 0 Å². The Kier molecular flexibility index (Phi) is 17.9. The van der Waals surface area contributed by atoms with Crippen LogP contribution in [0.4, 0.5) is 11.4 Å². The first-order chi connectivity index (χ1) is 15.7. The molecule has 0 saturated heterocycles. The zero-order valence-electron chi connectivity index (χ0n) is 20.2. The SMILES string of the molecule is C=CC=C(C=C[NH2+]C)NNc1ccc(N(CCCC)CCSSCCNCCCC)cc1. The van der Waals surface area contributed by atoms with Crippen LogP contribution >= 0.6 is 21.6 Å². The fourth-order valence-electron chi connectivity index (χ4n) is 2.89. The van der Waals surface area contributed by atoms with Crippen LogP contribution in [0.3, 0.4) is 0 Å². The summed E-state index contributed by atoms with van der Waals surface area (Å²) in [7, 11) is 5.97. The highest BCUT2D eigenvalue weighted by molar-refractivity contribution is 8.76. The number of hydrogen-bond acceptors (Lipinski definition) is 6. The molecular formula is C25H44N5S2+. The number of nitrogens with zero attached hydrogens (tertiary/aromatic N) is 1. The average Bonchev–Trinajstić information content (AvgIpc) is 2.82. The number of rotatable bonds is 20. The molecule has 0 amide bonds. The Morgan fingerprint density at radius 1 is 1.03 bits per heavy atom. The number of nitrogens with two attached hydrogens (primary N) is 1. The molecule has 0 aliphatic heterocycles. The van der Waals surface area contributed by atoms with Gasteiger partial charge in [0.1, 0.15) is 0 Å². The normalized spacial score (nSPS) is 11.7. The topological polar surface area (TPSA) is 55.9 Å². The summed E-state index contributed by atoms with van der Waals surface area (Å²) in [4.78, 5) is 2.51. The summed E-state index contributed by atoms with van der Waals surface area (Å²) < 4.78 is 0.